The topological polar surface area (TPSA) is 86.4 Å². The number of rotatable bonds is 6. The molecule has 35 heavy (non-hydrogen) atoms. The Balaban J connectivity index is 1.59. The van der Waals surface area contributed by atoms with Gasteiger partial charge in [0.05, 0.1) is 35.0 Å². The van der Waals surface area contributed by atoms with Crippen LogP contribution in [0, 0.1) is 12.7 Å². The molecule has 0 atom stereocenters. The number of allylic oxidation sites excluding steroid dienone is 2. The van der Waals surface area contributed by atoms with Crippen molar-refractivity contribution < 1.29 is 4.39 Å². The number of pyridine rings is 2. The molecule has 4 heterocycles. The lowest BCUT2D eigenvalue weighted by Gasteiger charge is -2.12. The van der Waals surface area contributed by atoms with Crippen molar-refractivity contribution in [3.05, 3.63) is 96.5 Å². The summed E-state index contributed by atoms with van der Waals surface area (Å²) < 4.78 is 13.9. The van der Waals surface area contributed by atoms with Gasteiger partial charge in [-0.3, -0.25) is 15.1 Å². The molecule has 1 aromatic carbocycles. The Morgan fingerprint density at radius 3 is 2.74 bits per heavy atom. The Kier molecular flexibility index (Phi) is 5.70. The zero-order valence-corrected chi connectivity index (χ0v) is 19.7. The molecular formula is C27H24FN7. The summed E-state index contributed by atoms with van der Waals surface area (Å²) in [7, 11) is 3.95. The summed E-state index contributed by atoms with van der Waals surface area (Å²) in [4.78, 5) is 19.1. The number of aromatic nitrogens is 6. The van der Waals surface area contributed by atoms with Crippen molar-refractivity contribution in [2.24, 2.45) is 0 Å². The number of H-pyrrole nitrogens is 2. The Morgan fingerprint density at radius 1 is 1.11 bits per heavy atom. The molecule has 5 aromatic rings. The number of benzene rings is 1. The summed E-state index contributed by atoms with van der Waals surface area (Å²) in [6.07, 6.45) is 8.87. The first-order valence-corrected chi connectivity index (χ1v) is 11.1. The third-order valence-electron chi connectivity index (χ3n) is 5.77. The number of halogens is 1. The lowest BCUT2D eigenvalue weighted by Crippen LogP contribution is -2.08. The predicted octanol–water partition coefficient (Wildman–Crippen LogP) is 5.54. The van der Waals surface area contributed by atoms with E-state index in [1.54, 1.807) is 24.5 Å². The van der Waals surface area contributed by atoms with Crippen molar-refractivity contribution in [1.29, 1.82) is 0 Å². The molecule has 0 amide bonds. The fraction of sp³-hybridized carbons (Fsp3) is 0.111. The van der Waals surface area contributed by atoms with Gasteiger partial charge in [-0.1, -0.05) is 30.9 Å². The zero-order valence-electron chi connectivity index (χ0n) is 19.7. The van der Waals surface area contributed by atoms with Crippen LogP contribution in [0.2, 0.25) is 0 Å². The summed E-state index contributed by atoms with van der Waals surface area (Å²) in [5, 5.41) is 8.43. The van der Waals surface area contributed by atoms with Crippen LogP contribution in [0.25, 0.3) is 39.3 Å². The highest BCUT2D eigenvalue weighted by atomic mass is 19.1. The van der Waals surface area contributed by atoms with E-state index >= 15 is 0 Å². The number of fused-ring (bicyclic) bond motifs is 1. The van der Waals surface area contributed by atoms with E-state index in [1.165, 1.54) is 12.1 Å². The van der Waals surface area contributed by atoms with Gasteiger partial charge in [0.1, 0.15) is 11.5 Å². The SMILES string of the molecule is C=C/C=C(/c1cccc(F)c1)c1nc(-c2n[nH]c3cnc(-c4cncc(N(C)C)c4)cc23)[nH]c1C. The first-order chi connectivity index (χ1) is 16.9. The van der Waals surface area contributed by atoms with Gasteiger partial charge >= 0.3 is 0 Å². The van der Waals surface area contributed by atoms with Crippen LogP contribution in [0.3, 0.4) is 0 Å². The zero-order chi connectivity index (χ0) is 24.5. The van der Waals surface area contributed by atoms with Gasteiger partial charge in [0.2, 0.25) is 0 Å². The van der Waals surface area contributed by atoms with Crippen molar-refractivity contribution >= 4 is 22.2 Å². The van der Waals surface area contributed by atoms with Gasteiger partial charge in [-0.05, 0) is 36.8 Å². The standard InChI is InChI=1S/C27H24FN7/c1-5-7-21(17-8-6-9-19(28)10-17)25-16(2)31-27(32-25)26-22-12-23(30-15-24(22)33-34-26)18-11-20(35(3)4)14-29-13-18/h5-15H,1H2,2-4H3,(H,31,32)(H,33,34)/b21-7-. The van der Waals surface area contributed by atoms with Gasteiger partial charge in [0, 0.05) is 42.5 Å². The molecular weight excluding hydrogens is 441 g/mol. The van der Waals surface area contributed by atoms with Gasteiger partial charge in [-0.2, -0.15) is 5.10 Å². The number of nitrogens with one attached hydrogen (secondary N) is 2. The van der Waals surface area contributed by atoms with Crippen LogP contribution in [0.15, 0.2) is 73.7 Å². The van der Waals surface area contributed by atoms with Crippen molar-refractivity contribution in [2.45, 2.75) is 6.92 Å². The highest BCUT2D eigenvalue weighted by Gasteiger charge is 2.18. The molecule has 0 unspecified atom stereocenters. The molecule has 0 spiro atoms. The molecule has 0 aliphatic rings. The number of aromatic amines is 2. The minimum atomic E-state index is -0.308. The van der Waals surface area contributed by atoms with Crippen LogP contribution in [0.4, 0.5) is 10.1 Å². The van der Waals surface area contributed by atoms with Crippen molar-refractivity contribution in [3.8, 4) is 22.8 Å². The van der Waals surface area contributed by atoms with Crippen LogP contribution in [-0.2, 0) is 0 Å². The van der Waals surface area contributed by atoms with Crippen molar-refractivity contribution in [3.63, 3.8) is 0 Å². The van der Waals surface area contributed by atoms with E-state index in [0.717, 1.165) is 44.7 Å². The van der Waals surface area contributed by atoms with Crippen molar-refractivity contribution in [1.82, 2.24) is 30.1 Å². The molecule has 0 aliphatic heterocycles. The van der Waals surface area contributed by atoms with Crippen LogP contribution in [0.1, 0.15) is 17.0 Å². The first kappa shape index (κ1) is 22.2. The Bertz CT molecular complexity index is 1580. The second-order valence-electron chi connectivity index (χ2n) is 8.40. The van der Waals surface area contributed by atoms with Crippen molar-refractivity contribution in [2.75, 3.05) is 19.0 Å². The van der Waals surface area contributed by atoms with Gasteiger partial charge in [-0.25, -0.2) is 9.37 Å². The number of anilines is 1. The number of imidazole rings is 1. The Morgan fingerprint density at radius 2 is 1.97 bits per heavy atom. The van der Waals surface area contributed by atoms with Gasteiger partial charge in [0.15, 0.2) is 5.82 Å². The average molecular weight is 466 g/mol. The summed E-state index contributed by atoms with van der Waals surface area (Å²) in [6, 6.07) is 10.5. The highest BCUT2D eigenvalue weighted by Crippen LogP contribution is 2.32. The maximum atomic E-state index is 13.9. The van der Waals surface area contributed by atoms with E-state index in [-0.39, 0.29) is 5.82 Å². The maximum Gasteiger partial charge on any atom is 0.159 e. The molecule has 174 valence electrons. The lowest BCUT2D eigenvalue weighted by atomic mass is 10.0. The van der Waals surface area contributed by atoms with Crippen LogP contribution in [-0.4, -0.2) is 44.2 Å². The molecule has 0 saturated heterocycles. The number of hydrogen-bond donors (Lipinski definition) is 2. The fourth-order valence-corrected chi connectivity index (χ4v) is 3.99. The van der Waals surface area contributed by atoms with E-state index in [9.17, 15) is 4.39 Å². The molecule has 0 aliphatic carbocycles. The molecule has 0 fully saturated rings. The average Bonchev–Trinajstić information content (AvgIpc) is 3.45. The minimum absolute atomic E-state index is 0.308. The second kappa shape index (κ2) is 8.98. The second-order valence-corrected chi connectivity index (χ2v) is 8.40. The van der Waals surface area contributed by atoms with Gasteiger partial charge in [0.25, 0.3) is 0 Å². The van der Waals surface area contributed by atoms with Crippen LogP contribution >= 0.6 is 0 Å². The van der Waals surface area contributed by atoms with Crippen LogP contribution in [0.5, 0.6) is 0 Å². The summed E-state index contributed by atoms with van der Waals surface area (Å²) in [5.41, 5.74) is 7.18. The van der Waals surface area contributed by atoms with E-state index in [4.69, 9.17) is 4.98 Å². The third kappa shape index (κ3) is 4.21. The summed E-state index contributed by atoms with van der Waals surface area (Å²) in [6.45, 7) is 5.75. The first-order valence-electron chi connectivity index (χ1n) is 11.1. The smallest absolute Gasteiger partial charge is 0.159 e. The predicted molar refractivity (Wildman–Crippen MR) is 137 cm³/mol. The fourth-order valence-electron chi connectivity index (χ4n) is 3.99. The molecule has 7 nitrogen and oxygen atoms in total. The normalized spacial score (nSPS) is 11.7. The quantitative estimate of drug-likeness (QED) is 0.322. The van der Waals surface area contributed by atoms with Gasteiger partial charge < -0.3 is 9.88 Å². The minimum Gasteiger partial charge on any atom is -0.376 e. The third-order valence-corrected chi connectivity index (χ3v) is 5.77. The van der Waals surface area contributed by atoms with E-state index < -0.39 is 0 Å². The van der Waals surface area contributed by atoms with E-state index in [2.05, 4.69) is 31.7 Å². The highest BCUT2D eigenvalue weighted by molar-refractivity contribution is 5.93. The largest absolute Gasteiger partial charge is 0.376 e. The van der Waals surface area contributed by atoms with E-state index in [0.29, 0.717) is 17.2 Å². The molecule has 8 heteroatoms. The summed E-state index contributed by atoms with van der Waals surface area (Å²) in [5.74, 6) is 0.296. The number of nitrogens with zero attached hydrogens (tertiary/aromatic N) is 5. The van der Waals surface area contributed by atoms with E-state index in [1.807, 2.05) is 56.4 Å². The monoisotopic (exact) mass is 465 g/mol. The molecule has 5 rings (SSSR count). The van der Waals surface area contributed by atoms with Gasteiger partial charge in [-0.15, -0.1) is 0 Å². The summed E-state index contributed by atoms with van der Waals surface area (Å²) >= 11 is 0. The lowest BCUT2D eigenvalue weighted by molar-refractivity contribution is 0.627. The molecule has 2 N–H and O–H groups in total. The number of hydrogen-bond acceptors (Lipinski definition) is 5. The number of aryl methyl sites for hydroxylation is 1. The Labute approximate surface area is 202 Å². The maximum absolute atomic E-state index is 13.9. The Hall–Kier alpha value is -4.59. The molecule has 0 bridgehead atoms. The molecule has 0 saturated carbocycles. The van der Waals surface area contributed by atoms with Crippen LogP contribution < -0.4 is 4.90 Å². The molecule has 0 radical (unpaired) electrons. The molecule has 4 aromatic heterocycles.